The highest BCUT2D eigenvalue weighted by Crippen LogP contribution is 2.62. The van der Waals surface area contributed by atoms with E-state index in [4.69, 9.17) is 67.8 Å². The van der Waals surface area contributed by atoms with Crippen molar-refractivity contribution in [3.8, 4) is 0 Å². The van der Waals surface area contributed by atoms with Crippen LogP contribution in [0.1, 0.15) is 128 Å². The number of rotatable bonds is 4. The van der Waals surface area contributed by atoms with Crippen molar-refractivity contribution in [1.29, 1.82) is 0 Å². The van der Waals surface area contributed by atoms with Gasteiger partial charge in [0, 0.05) is 0 Å². The van der Waals surface area contributed by atoms with Crippen molar-refractivity contribution in [2.45, 2.75) is 153 Å². The van der Waals surface area contributed by atoms with Gasteiger partial charge in [0.25, 0.3) is 0 Å². The highest BCUT2D eigenvalue weighted by molar-refractivity contribution is 8.11. The molecule has 12 fully saturated rings. The highest BCUT2D eigenvalue weighted by Gasteiger charge is 2.58. The molecule has 0 spiro atoms. The van der Waals surface area contributed by atoms with Crippen molar-refractivity contribution in [2.75, 3.05) is 0 Å². The quantitative estimate of drug-likeness (QED) is 0.164. The minimum Gasteiger partial charge on any atom is -0.475 e. The molecule has 0 heterocycles. The van der Waals surface area contributed by atoms with E-state index in [0.29, 0.717) is 41.9 Å². The molecule has 8 bridgehead atoms. The van der Waals surface area contributed by atoms with Crippen LogP contribution >= 0.6 is 99.4 Å². The molecule has 0 aromatic heterocycles. The lowest BCUT2D eigenvalue weighted by atomic mass is 9.80. The van der Waals surface area contributed by atoms with Crippen molar-refractivity contribution in [3.05, 3.63) is 0 Å². The number of fused-ring (bicyclic) bond motifs is 20. The predicted octanol–water partition coefficient (Wildman–Crippen LogP) is 12.2. The first-order valence-corrected chi connectivity index (χ1v) is 26.0. The molecule has 0 radical (unpaired) electrons. The summed E-state index contributed by atoms with van der Waals surface area (Å²) in [4.78, 5) is 0. The van der Waals surface area contributed by atoms with Gasteiger partial charge in [-0.15, -0.1) is 0 Å². The molecule has 312 valence electrons. The van der Waals surface area contributed by atoms with E-state index in [2.05, 4.69) is 50.5 Å². The van der Waals surface area contributed by atoms with Crippen molar-refractivity contribution < 1.29 is 18.9 Å². The van der Waals surface area contributed by atoms with Crippen LogP contribution in [0.15, 0.2) is 0 Å². The lowest BCUT2D eigenvalue weighted by Crippen LogP contribution is -2.30. The highest BCUT2D eigenvalue weighted by atomic mass is 32.1. The summed E-state index contributed by atoms with van der Waals surface area (Å²) >= 11 is 35.9. The summed E-state index contributed by atoms with van der Waals surface area (Å²) in [5, 5.41) is 0. The standard InChI is InChI=1S/4C11H16OS2/c4*13-11(14)12-10-5-6-4-9(10)8-3-1-2-7(6)8/h4*6-10H,1-5H2,(H,13,14). The zero-order valence-corrected chi connectivity index (χ0v) is 39.6. The van der Waals surface area contributed by atoms with Crippen LogP contribution in [0.4, 0.5) is 0 Å². The van der Waals surface area contributed by atoms with Crippen LogP contribution in [-0.2, 0) is 18.9 Å². The Labute approximate surface area is 380 Å². The molecule has 12 heteroatoms. The summed E-state index contributed by atoms with van der Waals surface area (Å²) in [6, 6.07) is 0. The second-order valence-corrected chi connectivity index (χ2v) is 24.6. The largest absolute Gasteiger partial charge is 0.475 e. The van der Waals surface area contributed by atoms with Crippen LogP contribution in [0.2, 0.25) is 0 Å². The van der Waals surface area contributed by atoms with Crippen molar-refractivity contribution in [3.63, 3.8) is 0 Å². The zero-order valence-electron chi connectivity index (χ0n) is 32.7. The van der Waals surface area contributed by atoms with Gasteiger partial charge in [0.15, 0.2) is 0 Å². The monoisotopic (exact) mass is 912 g/mol. The van der Waals surface area contributed by atoms with E-state index in [9.17, 15) is 0 Å². The van der Waals surface area contributed by atoms with Gasteiger partial charge >= 0.3 is 0 Å². The first kappa shape index (κ1) is 42.3. The molecule has 12 rings (SSSR count). The smallest absolute Gasteiger partial charge is 0.217 e. The summed E-state index contributed by atoms with van der Waals surface area (Å²) < 4.78 is 24.4. The first-order chi connectivity index (χ1) is 27.0. The first-order valence-electron chi connectivity index (χ1n) is 22.6. The molecule has 0 aliphatic heterocycles. The Morgan fingerprint density at radius 2 is 0.482 bits per heavy atom. The van der Waals surface area contributed by atoms with Crippen molar-refractivity contribution in [1.82, 2.24) is 0 Å². The topological polar surface area (TPSA) is 36.9 Å². The third kappa shape index (κ3) is 8.53. The molecule has 0 saturated heterocycles. The molecule has 20 unspecified atom stereocenters. The molecule has 0 aromatic carbocycles. The average Bonchev–Trinajstić information content (AvgIpc) is 3.96. The lowest BCUT2D eigenvalue weighted by Gasteiger charge is -2.31. The van der Waals surface area contributed by atoms with Crippen LogP contribution in [0.5, 0.6) is 0 Å². The second kappa shape index (κ2) is 18.0. The van der Waals surface area contributed by atoms with E-state index in [1.165, 1.54) is 128 Å². The Morgan fingerprint density at radius 3 is 0.679 bits per heavy atom. The molecule has 0 N–H and O–H groups in total. The van der Waals surface area contributed by atoms with Gasteiger partial charge in [-0.1, -0.05) is 76.2 Å². The third-order valence-electron chi connectivity index (χ3n) is 18.5. The molecule has 4 nitrogen and oxygen atoms in total. The maximum atomic E-state index is 5.65. The maximum absolute atomic E-state index is 5.65. The molecule has 0 aromatic rings. The summed E-state index contributed by atoms with van der Waals surface area (Å²) in [5.41, 5.74) is 0. The molecule has 12 aliphatic rings. The van der Waals surface area contributed by atoms with Gasteiger partial charge in [0.1, 0.15) is 24.4 Å². The van der Waals surface area contributed by atoms with E-state index in [1.54, 1.807) is 0 Å². The number of hydrogen-bond acceptors (Lipinski definition) is 8. The second-order valence-electron chi connectivity index (χ2n) is 20.3. The maximum Gasteiger partial charge on any atom is 0.217 e. The summed E-state index contributed by atoms with van der Waals surface area (Å²) in [6.07, 6.45) is 29.6. The molecule has 56 heavy (non-hydrogen) atoms. The van der Waals surface area contributed by atoms with E-state index in [-0.39, 0.29) is 0 Å². The van der Waals surface area contributed by atoms with E-state index < -0.39 is 0 Å². The van der Waals surface area contributed by atoms with Crippen LogP contribution in [0, 0.1) is 94.7 Å². The summed E-state index contributed by atoms with van der Waals surface area (Å²) in [6.45, 7) is 0. The van der Waals surface area contributed by atoms with Gasteiger partial charge in [-0.2, -0.15) is 0 Å². The van der Waals surface area contributed by atoms with Crippen molar-refractivity contribution in [2.24, 2.45) is 94.7 Å². The van der Waals surface area contributed by atoms with E-state index in [1.807, 2.05) is 0 Å². The zero-order chi connectivity index (χ0) is 38.8. The Bertz CT molecular complexity index is 1280. The van der Waals surface area contributed by atoms with Gasteiger partial charge in [-0.05, 0) is 246 Å². The lowest BCUT2D eigenvalue weighted by molar-refractivity contribution is 0.0813. The van der Waals surface area contributed by atoms with Gasteiger partial charge < -0.3 is 18.9 Å². The Morgan fingerprint density at radius 1 is 0.286 bits per heavy atom. The fourth-order valence-electron chi connectivity index (χ4n) is 17.1. The molecule has 12 aliphatic carbocycles. The SMILES string of the molecule is S=C(S)OC1CC2CC1C1CCCC21.S=C(S)OC1CC2CC1C1CCCC21.S=C(S)OC1CC2CC1C1CCCC21.S=C(S)OC1CC2CC1C1CCCC21. The van der Waals surface area contributed by atoms with E-state index >= 15 is 0 Å². The van der Waals surface area contributed by atoms with Crippen molar-refractivity contribution >= 4 is 117 Å². The van der Waals surface area contributed by atoms with E-state index in [0.717, 1.165) is 94.7 Å². The molecular weight excluding hydrogens is 849 g/mol. The van der Waals surface area contributed by atoms with Crippen LogP contribution < -0.4 is 0 Å². The normalized spacial score (nSPS) is 49.4. The predicted molar refractivity (Wildman–Crippen MR) is 254 cm³/mol. The third-order valence-corrected chi connectivity index (χ3v) is 19.3. The number of thiol groups is 4. The summed E-state index contributed by atoms with van der Waals surface area (Å²) in [5.74, 6) is 15.0. The van der Waals surface area contributed by atoms with Gasteiger partial charge in [0.05, 0.1) is 0 Å². The van der Waals surface area contributed by atoms with Crippen LogP contribution in [0.3, 0.4) is 0 Å². The minimum absolute atomic E-state index is 0.407. The Balaban J connectivity index is 0.0000000975. The number of thiocarbonyl (C=S) groups is 4. The van der Waals surface area contributed by atoms with Crippen LogP contribution in [-0.4, -0.2) is 41.9 Å². The fourth-order valence-corrected chi connectivity index (χ4v) is 18.1. The molecular formula is C44H64O4S8. The Kier molecular flexibility index (Phi) is 13.6. The Hall–Kier alpha value is 0.960. The fraction of sp³-hybridized carbons (Fsp3) is 0.909. The van der Waals surface area contributed by atoms with Gasteiger partial charge in [-0.25, -0.2) is 0 Å². The molecule has 0 amide bonds. The summed E-state index contributed by atoms with van der Waals surface area (Å²) in [7, 11) is 0. The number of ether oxygens (including phenoxy) is 4. The minimum atomic E-state index is 0.407. The number of hydrogen-bond donors (Lipinski definition) is 4. The average molecular weight is 914 g/mol. The van der Waals surface area contributed by atoms with Gasteiger partial charge in [-0.3, -0.25) is 0 Å². The molecule has 20 atom stereocenters. The van der Waals surface area contributed by atoms with Gasteiger partial charge in [0.2, 0.25) is 17.5 Å². The van der Waals surface area contributed by atoms with Crippen LogP contribution in [0.25, 0.3) is 0 Å². The molecule has 12 saturated carbocycles.